The molecular weight excluding hydrogens is 176 g/mol. The lowest BCUT2D eigenvalue weighted by molar-refractivity contribution is -0.0897. The highest BCUT2D eigenvalue weighted by atomic mass is 16.5. The maximum Gasteiger partial charge on any atom is 0.0625 e. The van der Waals surface area contributed by atoms with Gasteiger partial charge >= 0.3 is 0 Å². The van der Waals surface area contributed by atoms with E-state index < -0.39 is 0 Å². The van der Waals surface area contributed by atoms with E-state index in [2.05, 4.69) is 6.92 Å². The van der Waals surface area contributed by atoms with E-state index >= 15 is 0 Å². The van der Waals surface area contributed by atoms with Crippen LogP contribution < -0.4 is 0 Å². The summed E-state index contributed by atoms with van der Waals surface area (Å²) in [5, 5.41) is 0. The van der Waals surface area contributed by atoms with Crippen LogP contribution >= 0.6 is 0 Å². The molecule has 14 heavy (non-hydrogen) atoms. The molecule has 2 fully saturated rings. The van der Waals surface area contributed by atoms with E-state index in [0.29, 0.717) is 18.1 Å². The zero-order chi connectivity index (χ0) is 9.80. The molecule has 0 bridgehead atoms. The molecule has 2 rings (SSSR count). The molecule has 0 aromatic rings. The summed E-state index contributed by atoms with van der Waals surface area (Å²) >= 11 is 0. The molecule has 0 N–H and O–H groups in total. The number of ether oxygens (including phenoxy) is 2. The van der Waals surface area contributed by atoms with Gasteiger partial charge in [0.05, 0.1) is 12.2 Å². The summed E-state index contributed by atoms with van der Waals surface area (Å²) in [7, 11) is 0. The zero-order valence-electron chi connectivity index (χ0n) is 9.21. The Labute approximate surface area is 87.0 Å². The second-order valence-electron chi connectivity index (χ2n) is 4.67. The Morgan fingerprint density at radius 3 is 1.71 bits per heavy atom. The first-order valence-corrected chi connectivity index (χ1v) is 6.11. The normalized spacial score (nSPS) is 36.6. The Balaban J connectivity index is 1.82. The lowest BCUT2D eigenvalue weighted by atomic mass is 9.89. The molecule has 0 aromatic heterocycles. The minimum absolute atomic E-state index is 0.465. The molecule has 2 heteroatoms. The lowest BCUT2D eigenvalue weighted by Crippen LogP contribution is -2.37. The summed E-state index contributed by atoms with van der Waals surface area (Å²) in [4.78, 5) is 0. The Morgan fingerprint density at radius 1 is 0.857 bits per heavy atom. The quantitative estimate of drug-likeness (QED) is 0.679. The van der Waals surface area contributed by atoms with E-state index in [1.54, 1.807) is 0 Å². The van der Waals surface area contributed by atoms with Crippen molar-refractivity contribution in [2.75, 3.05) is 13.2 Å². The first kappa shape index (κ1) is 10.4. The predicted molar refractivity (Wildman–Crippen MR) is 56.3 cm³/mol. The zero-order valence-corrected chi connectivity index (χ0v) is 9.21. The maximum absolute atomic E-state index is 5.81. The van der Waals surface area contributed by atoms with Crippen molar-refractivity contribution >= 4 is 0 Å². The van der Waals surface area contributed by atoms with E-state index in [0.717, 1.165) is 13.2 Å². The minimum Gasteiger partial charge on any atom is -0.378 e. The van der Waals surface area contributed by atoms with Crippen molar-refractivity contribution in [2.24, 2.45) is 5.92 Å². The van der Waals surface area contributed by atoms with Gasteiger partial charge in [0.2, 0.25) is 0 Å². The fraction of sp³-hybridized carbons (Fsp3) is 1.00. The summed E-state index contributed by atoms with van der Waals surface area (Å²) in [6.45, 7) is 4.22. The van der Waals surface area contributed by atoms with Crippen molar-refractivity contribution in [3.63, 3.8) is 0 Å². The molecular formula is C12H22O2. The van der Waals surface area contributed by atoms with Crippen LogP contribution in [0.5, 0.6) is 0 Å². The third-order valence-corrected chi connectivity index (χ3v) is 3.60. The molecule has 0 aromatic carbocycles. The van der Waals surface area contributed by atoms with Crippen LogP contribution in [0.2, 0.25) is 0 Å². The molecule has 2 nitrogen and oxygen atoms in total. The summed E-state index contributed by atoms with van der Waals surface area (Å²) in [5.41, 5.74) is 0. The van der Waals surface area contributed by atoms with Crippen LogP contribution in [0.15, 0.2) is 0 Å². The summed E-state index contributed by atoms with van der Waals surface area (Å²) in [5.74, 6) is 0.593. The van der Waals surface area contributed by atoms with Gasteiger partial charge in [-0.2, -0.15) is 0 Å². The highest BCUT2D eigenvalue weighted by Gasteiger charge is 2.29. The Kier molecular flexibility index (Phi) is 3.82. The van der Waals surface area contributed by atoms with Crippen LogP contribution in [0.1, 0.15) is 45.4 Å². The largest absolute Gasteiger partial charge is 0.378 e. The lowest BCUT2D eigenvalue weighted by Gasteiger charge is -2.35. The molecule has 2 heterocycles. The Morgan fingerprint density at radius 2 is 1.36 bits per heavy atom. The van der Waals surface area contributed by atoms with Gasteiger partial charge in [0.25, 0.3) is 0 Å². The summed E-state index contributed by atoms with van der Waals surface area (Å²) in [6, 6.07) is 0. The Bertz CT molecular complexity index is 140. The third-order valence-electron chi connectivity index (χ3n) is 3.60. The predicted octanol–water partition coefficient (Wildman–Crippen LogP) is 2.76. The van der Waals surface area contributed by atoms with E-state index in [4.69, 9.17) is 9.47 Å². The first-order chi connectivity index (χ1) is 6.88. The van der Waals surface area contributed by atoms with Crippen molar-refractivity contribution in [1.82, 2.24) is 0 Å². The summed E-state index contributed by atoms with van der Waals surface area (Å²) in [6.07, 6.45) is 8.56. The molecule has 2 atom stereocenters. The molecule has 2 saturated heterocycles. The second kappa shape index (κ2) is 5.13. The molecule has 82 valence electrons. The number of hydrogen-bond donors (Lipinski definition) is 0. The van der Waals surface area contributed by atoms with Gasteiger partial charge in [-0.25, -0.2) is 0 Å². The standard InChI is InChI=1S/C12H22O2/c1-10(11-6-2-4-8-13-11)12-7-3-5-9-14-12/h10-12H,2-9H2,1H3. The number of hydrogen-bond acceptors (Lipinski definition) is 2. The van der Waals surface area contributed by atoms with E-state index in [-0.39, 0.29) is 0 Å². The van der Waals surface area contributed by atoms with Gasteiger partial charge in [0.1, 0.15) is 0 Å². The summed E-state index contributed by atoms with van der Waals surface area (Å²) < 4.78 is 11.6. The van der Waals surface area contributed by atoms with Crippen molar-refractivity contribution in [1.29, 1.82) is 0 Å². The topological polar surface area (TPSA) is 18.5 Å². The van der Waals surface area contributed by atoms with Gasteiger partial charge in [-0.05, 0) is 38.5 Å². The monoisotopic (exact) mass is 198 g/mol. The molecule has 0 radical (unpaired) electrons. The van der Waals surface area contributed by atoms with Crippen LogP contribution in [-0.4, -0.2) is 25.4 Å². The van der Waals surface area contributed by atoms with Crippen molar-refractivity contribution < 1.29 is 9.47 Å². The van der Waals surface area contributed by atoms with Crippen molar-refractivity contribution in [2.45, 2.75) is 57.7 Å². The van der Waals surface area contributed by atoms with Crippen LogP contribution in [-0.2, 0) is 9.47 Å². The highest BCUT2D eigenvalue weighted by molar-refractivity contribution is 4.78. The molecule has 0 spiro atoms. The SMILES string of the molecule is CC(C1CCCCO1)C1CCCCO1. The average molecular weight is 198 g/mol. The van der Waals surface area contributed by atoms with Crippen LogP contribution in [0.4, 0.5) is 0 Å². The third kappa shape index (κ3) is 2.48. The van der Waals surface area contributed by atoms with Gasteiger partial charge in [0.15, 0.2) is 0 Å². The van der Waals surface area contributed by atoms with Gasteiger partial charge in [0, 0.05) is 19.1 Å². The van der Waals surface area contributed by atoms with E-state index in [1.165, 1.54) is 38.5 Å². The smallest absolute Gasteiger partial charge is 0.0625 e. The molecule has 2 unspecified atom stereocenters. The molecule has 0 saturated carbocycles. The highest BCUT2D eigenvalue weighted by Crippen LogP contribution is 2.28. The maximum atomic E-state index is 5.81. The van der Waals surface area contributed by atoms with Crippen LogP contribution in [0.25, 0.3) is 0 Å². The Hall–Kier alpha value is -0.0800. The van der Waals surface area contributed by atoms with Gasteiger partial charge in [-0.3, -0.25) is 0 Å². The van der Waals surface area contributed by atoms with Crippen molar-refractivity contribution in [3.8, 4) is 0 Å². The fourth-order valence-corrected chi connectivity index (χ4v) is 2.60. The molecule has 0 amide bonds. The van der Waals surface area contributed by atoms with Crippen LogP contribution in [0.3, 0.4) is 0 Å². The van der Waals surface area contributed by atoms with E-state index in [1.807, 2.05) is 0 Å². The van der Waals surface area contributed by atoms with Gasteiger partial charge in [-0.1, -0.05) is 6.92 Å². The van der Waals surface area contributed by atoms with Gasteiger partial charge < -0.3 is 9.47 Å². The first-order valence-electron chi connectivity index (χ1n) is 6.11. The van der Waals surface area contributed by atoms with E-state index in [9.17, 15) is 0 Å². The fourth-order valence-electron chi connectivity index (χ4n) is 2.60. The van der Waals surface area contributed by atoms with Crippen LogP contribution in [0, 0.1) is 5.92 Å². The number of rotatable bonds is 2. The minimum atomic E-state index is 0.465. The molecule has 2 aliphatic rings. The van der Waals surface area contributed by atoms with Gasteiger partial charge in [-0.15, -0.1) is 0 Å². The average Bonchev–Trinajstić information content (AvgIpc) is 2.30. The molecule has 2 aliphatic heterocycles. The molecule has 0 aliphatic carbocycles. The second-order valence-corrected chi connectivity index (χ2v) is 4.67. The van der Waals surface area contributed by atoms with Crippen molar-refractivity contribution in [3.05, 3.63) is 0 Å².